The van der Waals surface area contributed by atoms with Crippen molar-refractivity contribution in [1.82, 2.24) is 0 Å². The highest BCUT2D eigenvalue weighted by atomic mass is 32.3. The first-order chi connectivity index (χ1) is 13.2. The molecule has 0 heterocycles. The Morgan fingerprint density at radius 2 is 1.32 bits per heavy atom. The Morgan fingerprint density at radius 3 is 1.79 bits per heavy atom. The number of aliphatic hydroxyl groups excluding tert-OH is 2. The number of carbonyl (C=O) groups is 1. The van der Waals surface area contributed by atoms with Gasteiger partial charge in [0.1, 0.15) is 0 Å². The number of aryl methyl sites for hydroxylation is 2. The van der Waals surface area contributed by atoms with Crippen molar-refractivity contribution < 1.29 is 27.1 Å². The Kier molecular flexibility index (Phi) is 7.79. The third kappa shape index (κ3) is 5.89. The number of hydrogen-bond donors (Lipinski definition) is 2. The summed E-state index contributed by atoms with van der Waals surface area (Å²) in [4.78, 5) is 12.8. The SMILES string of the molecule is Cc1ccc(C(=O)CS(CCO)(CCO)OS(=O)(=O)c2ccc(C)cc2)cc1. The zero-order valence-corrected chi connectivity index (χ0v) is 17.6. The van der Waals surface area contributed by atoms with Crippen LogP contribution in [0.1, 0.15) is 21.5 Å². The van der Waals surface area contributed by atoms with Gasteiger partial charge in [-0.2, -0.15) is 8.42 Å². The molecule has 0 bridgehead atoms. The first-order valence-corrected chi connectivity index (χ1v) is 12.3. The molecule has 28 heavy (non-hydrogen) atoms. The lowest BCUT2D eigenvalue weighted by molar-refractivity contribution is 0.102. The van der Waals surface area contributed by atoms with E-state index in [0.29, 0.717) is 5.56 Å². The molecule has 0 unspecified atom stereocenters. The molecular formula is C20H26O6S2. The Hall–Kier alpha value is -1.71. The molecule has 0 saturated heterocycles. The van der Waals surface area contributed by atoms with Crippen LogP contribution in [0.4, 0.5) is 0 Å². The molecular weight excluding hydrogens is 400 g/mol. The molecule has 0 fully saturated rings. The van der Waals surface area contributed by atoms with Gasteiger partial charge in [0.15, 0.2) is 5.78 Å². The van der Waals surface area contributed by atoms with Crippen molar-refractivity contribution in [2.24, 2.45) is 0 Å². The van der Waals surface area contributed by atoms with E-state index >= 15 is 0 Å². The molecule has 0 saturated carbocycles. The van der Waals surface area contributed by atoms with Crippen LogP contribution in [-0.4, -0.2) is 54.9 Å². The fraction of sp³-hybridized carbons (Fsp3) is 0.350. The van der Waals surface area contributed by atoms with E-state index in [0.717, 1.165) is 11.1 Å². The molecule has 154 valence electrons. The van der Waals surface area contributed by atoms with Crippen molar-refractivity contribution in [3.63, 3.8) is 0 Å². The van der Waals surface area contributed by atoms with Crippen molar-refractivity contribution in [1.29, 1.82) is 0 Å². The second-order valence-corrected chi connectivity index (χ2v) is 11.6. The molecule has 2 aromatic rings. The predicted molar refractivity (Wildman–Crippen MR) is 111 cm³/mol. The van der Waals surface area contributed by atoms with E-state index in [1.54, 1.807) is 36.4 Å². The molecule has 2 aromatic carbocycles. The second-order valence-electron chi connectivity index (χ2n) is 6.59. The van der Waals surface area contributed by atoms with Gasteiger partial charge < -0.3 is 10.2 Å². The lowest BCUT2D eigenvalue weighted by atomic mass is 10.1. The molecule has 0 spiro atoms. The van der Waals surface area contributed by atoms with E-state index in [1.165, 1.54) is 12.1 Å². The maximum atomic E-state index is 12.8. The Bertz CT molecular complexity index is 883. The highest BCUT2D eigenvalue weighted by molar-refractivity contribution is 8.33. The lowest BCUT2D eigenvalue weighted by Gasteiger charge is -2.36. The maximum absolute atomic E-state index is 12.8. The largest absolute Gasteiger partial charge is 0.395 e. The first kappa shape index (κ1) is 22.6. The van der Waals surface area contributed by atoms with Crippen molar-refractivity contribution >= 4 is 26.2 Å². The molecule has 0 aliphatic heterocycles. The molecule has 6 nitrogen and oxygen atoms in total. The number of carbonyl (C=O) groups excluding carboxylic acids is 1. The standard InChI is InChI=1S/C20H26O6S2/c1-16-3-7-18(8-4-16)20(23)15-27(13-11-21,14-12-22)26-28(24,25)19-9-5-17(2)6-10-19/h3-10,21-22H,11-15H2,1-2H3. The number of rotatable bonds is 10. The average Bonchev–Trinajstić information content (AvgIpc) is 2.62. The van der Waals surface area contributed by atoms with Crippen LogP contribution in [0.25, 0.3) is 0 Å². The van der Waals surface area contributed by atoms with Gasteiger partial charge in [0, 0.05) is 17.1 Å². The first-order valence-electron chi connectivity index (χ1n) is 8.82. The van der Waals surface area contributed by atoms with Crippen molar-refractivity contribution in [2.75, 3.05) is 30.5 Å². The van der Waals surface area contributed by atoms with Gasteiger partial charge in [-0.1, -0.05) is 47.5 Å². The molecule has 0 radical (unpaired) electrons. The Labute approximate surface area is 167 Å². The maximum Gasteiger partial charge on any atom is 0.306 e. The minimum absolute atomic E-state index is 0.0176. The van der Waals surface area contributed by atoms with Gasteiger partial charge in [-0.3, -0.25) is 4.79 Å². The summed E-state index contributed by atoms with van der Waals surface area (Å²) < 4.78 is 31.2. The van der Waals surface area contributed by atoms with Gasteiger partial charge in [-0.15, -0.1) is 10.3 Å². The van der Waals surface area contributed by atoms with E-state index < -0.39 is 20.4 Å². The van der Waals surface area contributed by atoms with Crippen molar-refractivity contribution in [3.05, 3.63) is 65.2 Å². The minimum Gasteiger partial charge on any atom is -0.395 e. The van der Waals surface area contributed by atoms with Crippen LogP contribution >= 0.6 is 10.3 Å². The summed E-state index contributed by atoms with van der Waals surface area (Å²) in [5, 5.41) is 19.0. The summed E-state index contributed by atoms with van der Waals surface area (Å²) >= 11 is 0. The molecule has 0 aliphatic carbocycles. The van der Waals surface area contributed by atoms with E-state index in [-0.39, 0.29) is 41.2 Å². The van der Waals surface area contributed by atoms with Crippen molar-refractivity contribution in [2.45, 2.75) is 18.7 Å². The second kappa shape index (κ2) is 9.67. The summed E-state index contributed by atoms with van der Waals surface area (Å²) in [6, 6.07) is 13.1. The summed E-state index contributed by atoms with van der Waals surface area (Å²) in [6.07, 6.45) is 0. The van der Waals surface area contributed by atoms with E-state index in [1.807, 2.05) is 13.8 Å². The Morgan fingerprint density at radius 1 is 0.857 bits per heavy atom. The fourth-order valence-corrected chi connectivity index (χ4v) is 7.51. The van der Waals surface area contributed by atoms with Gasteiger partial charge in [0.25, 0.3) is 0 Å². The van der Waals surface area contributed by atoms with Crippen LogP contribution in [0, 0.1) is 13.8 Å². The molecule has 2 N–H and O–H groups in total. The highest BCUT2D eigenvalue weighted by Crippen LogP contribution is 2.51. The van der Waals surface area contributed by atoms with Gasteiger partial charge in [0.2, 0.25) is 0 Å². The summed E-state index contributed by atoms with van der Waals surface area (Å²) in [6.45, 7) is 3.04. The lowest BCUT2D eigenvalue weighted by Crippen LogP contribution is -2.27. The van der Waals surface area contributed by atoms with Crippen LogP contribution in [0.3, 0.4) is 0 Å². The fourth-order valence-electron chi connectivity index (χ4n) is 2.67. The average molecular weight is 427 g/mol. The molecule has 0 amide bonds. The normalized spacial score (nSPS) is 12.7. The summed E-state index contributed by atoms with van der Waals surface area (Å²) in [5.74, 6) is -0.509. The third-order valence-electron chi connectivity index (χ3n) is 4.24. The third-order valence-corrected chi connectivity index (χ3v) is 9.60. The van der Waals surface area contributed by atoms with Crippen LogP contribution < -0.4 is 0 Å². The number of Topliss-reactive ketones (excluding diaryl/α,β-unsaturated/α-hetero) is 1. The van der Waals surface area contributed by atoms with E-state index in [2.05, 4.69) is 0 Å². The molecule has 0 aliphatic rings. The highest BCUT2D eigenvalue weighted by Gasteiger charge is 2.34. The monoisotopic (exact) mass is 426 g/mol. The quantitative estimate of drug-likeness (QED) is 0.567. The Balaban J connectivity index is 2.34. The molecule has 8 heteroatoms. The summed E-state index contributed by atoms with van der Waals surface area (Å²) in [7, 11) is -6.76. The van der Waals surface area contributed by atoms with Crippen LogP contribution in [-0.2, 0) is 13.7 Å². The van der Waals surface area contributed by atoms with Gasteiger partial charge in [-0.05, 0) is 26.0 Å². The van der Waals surface area contributed by atoms with Crippen molar-refractivity contribution in [3.8, 4) is 0 Å². The van der Waals surface area contributed by atoms with Gasteiger partial charge in [0.05, 0.1) is 23.9 Å². The molecule has 0 aromatic heterocycles. The number of hydrogen-bond acceptors (Lipinski definition) is 6. The summed E-state index contributed by atoms with van der Waals surface area (Å²) in [5.41, 5.74) is 2.34. The topological polar surface area (TPSA) is 101 Å². The van der Waals surface area contributed by atoms with Crippen LogP contribution in [0.15, 0.2) is 53.4 Å². The zero-order chi connectivity index (χ0) is 20.8. The minimum atomic E-state index is -4.15. The number of aliphatic hydroxyl groups is 2. The number of benzene rings is 2. The zero-order valence-electron chi connectivity index (χ0n) is 16.0. The smallest absolute Gasteiger partial charge is 0.306 e. The van der Waals surface area contributed by atoms with Gasteiger partial charge in [-0.25, -0.2) is 3.63 Å². The molecule has 2 rings (SSSR count). The number of ketones is 1. The van der Waals surface area contributed by atoms with E-state index in [9.17, 15) is 23.4 Å². The van der Waals surface area contributed by atoms with E-state index in [4.69, 9.17) is 3.63 Å². The van der Waals surface area contributed by atoms with Crippen LogP contribution in [0.5, 0.6) is 0 Å². The molecule has 0 atom stereocenters. The predicted octanol–water partition coefficient (Wildman–Crippen LogP) is 2.60. The van der Waals surface area contributed by atoms with Crippen LogP contribution in [0.2, 0.25) is 0 Å². The van der Waals surface area contributed by atoms with Gasteiger partial charge >= 0.3 is 10.1 Å².